The minimum atomic E-state index is -0.635. The van der Waals surface area contributed by atoms with Crippen LogP contribution in [0.4, 0.5) is 10.2 Å². The Morgan fingerprint density at radius 2 is 2.19 bits per heavy atom. The van der Waals surface area contributed by atoms with Gasteiger partial charge in [-0.05, 0) is 16.0 Å². The van der Waals surface area contributed by atoms with Crippen LogP contribution in [0.3, 0.4) is 0 Å². The first-order chi connectivity index (χ1) is 9.97. The van der Waals surface area contributed by atoms with Crippen molar-refractivity contribution in [3.63, 3.8) is 0 Å². The minimum Gasteiger partial charge on any atom is -0.358 e. The van der Waals surface area contributed by atoms with E-state index in [-0.39, 0.29) is 30.6 Å². The number of carbonyl (C=O) groups excluding carboxylic acids is 1. The fourth-order valence-corrected chi connectivity index (χ4v) is 1.78. The molecule has 0 fully saturated rings. The summed E-state index contributed by atoms with van der Waals surface area (Å²) in [7, 11) is 1.54. The molecule has 0 bridgehead atoms. The minimum absolute atomic E-state index is 0.0915. The first kappa shape index (κ1) is 14.6. The van der Waals surface area contributed by atoms with Crippen LogP contribution >= 0.6 is 0 Å². The zero-order valence-electron chi connectivity index (χ0n) is 11.3. The molecule has 2 aromatic rings. The van der Waals surface area contributed by atoms with Crippen molar-refractivity contribution in [2.75, 3.05) is 7.05 Å². The van der Waals surface area contributed by atoms with Crippen molar-refractivity contribution in [3.8, 4) is 0 Å². The summed E-state index contributed by atoms with van der Waals surface area (Å²) < 4.78 is 14.8. The maximum Gasteiger partial charge on any atom is 0.381 e. The van der Waals surface area contributed by atoms with E-state index in [0.29, 0.717) is 5.56 Å². The number of hydrogen-bond donors (Lipinski definition) is 0. The van der Waals surface area contributed by atoms with Crippen molar-refractivity contribution in [2.24, 2.45) is 0 Å². The Kier molecular flexibility index (Phi) is 4.27. The SMILES string of the molecule is CN(Cc1ccccc1F)C(=O)Cn1cnc([N+](=O)[O-])c1. The molecular weight excluding hydrogens is 279 g/mol. The van der Waals surface area contributed by atoms with Crippen molar-refractivity contribution >= 4 is 11.7 Å². The highest BCUT2D eigenvalue weighted by Crippen LogP contribution is 2.10. The fraction of sp³-hybridized carbons (Fsp3) is 0.231. The smallest absolute Gasteiger partial charge is 0.358 e. The van der Waals surface area contributed by atoms with Gasteiger partial charge in [0.25, 0.3) is 0 Å². The Morgan fingerprint density at radius 3 is 2.81 bits per heavy atom. The van der Waals surface area contributed by atoms with E-state index in [2.05, 4.69) is 4.98 Å². The Hall–Kier alpha value is -2.77. The van der Waals surface area contributed by atoms with Crippen molar-refractivity contribution in [3.05, 3.63) is 58.3 Å². The lowest BCUT2D eigenvalue weighted by atomic mass is 10.2. The molecule has 1 heterocycles. The number of hydrogen-bond acceptors (Lipinski definition) is 4. The maximum atomic E-state index is 13.5. The molecule has 0 N–H and O–H groups in total. The molecule has 1 aromatic heterocycles. The lowest BCUT2D eigenvalue weighted by Crippen LogP contribution is -2.29. The zero-order chi connectivity index (χ0) is 15.4. The summed E-state index contributed by atoms with van der Waals surface area (Å²) >= 11 is 0. The molecular formula is C13H13FN4O3. The second kappa shape index (κ2) is 6.12. The molecule has 0 aliphatic carbocycles. The predicted molar refractivity (Wildman–Crippen MR) is 71.8 cm³/mol. The van der Waals surface area contributed by atoms with Gasteiger partial charge in [0.1, 0.15) is 18.6 Å². The average molecular weight is 292 g/mol. The highest BCUT2D eigenvalue weighted by atomic mass is 19.1. The van der Waals surface area contributed by atoms with E-state index >= 15 is 0 Å². The van der Waals surface area contributed by atoms with E-state index in [4.69, 9.17) is 0 Å². The number of benzene rings is 1. The molecule has 0 radical (unpaired) electrons. The average Bonchev–Trinajstić information content (AvgIpc) is 2.90. The fourth-order valence-electron chi connectivity index (χ4n) is 1.78. The summed E-state index contributed by atoms with van der Waals surface area (Å²) in [5.41, 5.74) is 0.407. The second-order valence-corrected chi connectivity index (χ2v) is 4.50. The van der Waals surface area contributed by atoms with Gasteiger partial charge in [-0.2, -0.15) is 0 Å². The third-order valence-corrected chi connectivity index (χ3v) is 2.92. The molecule has 0 aliphatic rings. The lowest BCUT2D eigenvalue weighted by Gasteiger charge is -2.17. The number of likely N-dealkylation sites (N-methyl/N-ethyl adjacent to an activating group) is 1. The van der Waals surface area contributed by atoms with E-state index in [1.165, 1.54) is 28.1 Å². The van der Waals surface area contributed by atoms with Crippen molar-refractivity contribution in [1.29, 1.82) is 0 Å². The Morgan fingerprint density at radius 1 is 1.48 bits per heavy atom. The van der Waals surface area contributed by atoms with Crippen LogP contribution in [-0.4, -0.2) is 32.3 Å². The number of halogens is 1. The summed E-state index contributed by atoms with van der Waals surface area (Å²) in [5.74, 6) is -1.000. The van der Waals surface area contributed by atoms with E-state index < -0.39 is 4.92 Å². The molecule has 0 atom stereocenters. The van der Waals surface area contributed by atoms with Gasteiger partial charge in [0, 0.05) is 19.2 Å². The van der Waals surface area contributed by atoms with Gasteiger partial charge in [0.15, 0.2) is 0 Å². The molecule has 8 heteroatoms. The van der Waals surface area contributed by atoms with Crippen LogP contribution in [0, 0.1) is 15.9 Å². The summed E-state index contributed by atoms with van der Waals surface area (Å²) in [6, 6.07) is 6.19. The van der Waals surface area contributed by atoms with Gasteiger partial charge in [-0.1, -0.05) is 18.2 Å². The maximum absolute atomic E-state index is 13.5. The molecule has 21 heavy (non-hydrogen) atoms. The number of imidazole rings is 1. The molecule has 1 aromatic carbocycles. The molecule has 0 unspecified atom stereocenters. The summed E-state index contributed by atoms with van der Waals surface area (Å²) in [6.07, 6.45) is 2.39. The largest absolute Gasteiger partial charge is 0.381 e. The normalized spacial score (nSPS) is 10.4. The summed E-state index contributed by atoms with van der Waals surface area (Å²) in [4.78, 5) is 26.8. The number of nitrogens with zero attached hydrogens (tertiary/aromatic N) is 4. The van der Waals surface area contributed by atoms with Crippen molar-refractivity contribution in [2.45, 2.75) is 13.1 Å². The number of amides is 1. The number of carbonyl (C=O) groups is 1. The summed E-state index contributed by atoms with van der Waals surface area (Å²) in [6.45, 7) is 0.0358. The zero-order valence-corrected chi connectivity index (χ0v) is 11.3. The molecule has 1 amide bonds. The van der Waals surface area contributed by atoms with Crippen molar-refractivity contribution < 1.29 is 14.1 Å². The van der Waals surface area contributed by atoms with E-state index in [1.807, 2.05) is 0 Å². The standard InChI is InChI=1S/C13H13FN4O3/c1-16(6-10-4-2-3-5-11(10)14)13(19)8-17-7-12(15-9-17)18(20)21/h2-5,7,9H,6,8H2,1H3. The van der Waals surface area contributed by atoms with Gasteiger partial charge < -0.3 is 19.6 Å². The van der Waals surface area contributed by atoms with Crippen LogP contribution in [-0.2, 0) is 17.9 Å². The quantitative estimate of drug-likeness (QED) is 0.619. The van der Waals surface area contributed by atoms with Crippen molar-refractivity contribution in [1.82, 2.24) is 14.5 Å². The van der Waals surface area contributed by atoms with Gasteiger partial charge in [-0.15, -0.1) is 0 Å². The van der Waals surface area contributed by atoms with E-state index in [9.17, 15) is 19.3 Å². The van der Waals surface area contributed by atoms with Gasteiger partial charge in [-0.3, -0.25) is 4.79 Å². The van der Waals surface area contributed by atoms with Crippen LogP contribution in [0.2, 0.25) is 0 Å². The van der Waals surface area contributed by atoms with Crippen LogP contribution in [0.25, 0.3) is 0 Å². The van der Waals surface area contributed by atoms with E-state index in [0.717, 1.165) is 0 Å². The van der Waals surface area contributed by atoms with Crippen LogP contribution in [0.5, 0.6) is 0 Å². The van der Waals surface area contributed by atoms with Crippen LogP contribution in [0.15, 0.2) is 36.8 Å². The second-order valence-electron chi connectivity index (χ2n) is 4.50. The molecule has 0 aliphatic heterocycles. The molecule has 7 nitrogen and oxygen atoms in total. The van der Waals surface area contributed by atoms with Gasteiger partial charge in [0.2, 0.25) is 12.2 Å². The van der Waals surface area contributed by atoms with Gasteiger partial charge in [0.05, 0.1) is 0 Å². The van der Waals surface area contributed by atoms with Gasteiger partial charge in [-0.25, -0.2) is 4.39 Å². The summed E-state index contributed by atoms with van der Waals surface area (Å²) in [5, 5.41) is 10.5. The number of aromatic nitrogens is 2. The third-order valence-electron chi connectivity index (χ3n) is 2.92. The Balaban J connectivity index is 1.99. The first-order valence-corrected chi connectivity index (χ1v) is 6.11. The van der Waals surface area contributed by atoms with Crippen LogP contribution < -0.4 is 0 Å². The molecule has 0 saturated heterocycles. The predicted octanol–water partition coefficient (Wildman–Crippen LogP) is 1.59. The number of rotatable bonds is 5. The van der Waals surface area contributed by atoms with E-state index in [1.54, 1.807) is 25.2 Å². The first-order valence-electron chi connectivity index (χ1n) is 6.11. The van der Waals surface area contributed by atoms with Crippen LogP contribution in [0.1, 0.15) is 5.56 Å². The molecule has 110 valence electrons. The topological polar surface area (TPSA) is 81.3 Å². The van der Waals surface area contributed by atoms with Gasteiger partial charge >= 0.3 is 5.82 Å². The molecule has 0 spiro atoms. The highest BCUT2D eigenvalue weighted by molar-refractivity contribution is 5.75. The third kappa shape index (κ3) is 3.62. The molecule has 0 saturated carbocycles. The lowest BCUT2D eigenvalue weighted by molar-refractivity contribution is -0.389. The highest BCUT2D eigenvalue weighted by Gasteiger charge is 2.15. The molecule has 2 rings (SSSR count). The Labute approximate surface area is 119 Å². The monoisotopic (exact) mass is 292 g/mol. The Bertz CT molecular complexity index is 671. The number of nitro groups is 1.